The van der Waals surface area contributed by atoms with Crippen molar-refractivity contribution in [3.05, 3.63) is 40.9 Å². The Labute approximate surface area is 111 Å². The molecule has 1 aromatic heterocycles. The topological polar surface area (TPSA) is 12.9 Å². The minimum atomic E-state index is 0.666. The molecule has 2 aromatic rings. The summed E-state index contributed by atoms with van der Waals surface area (Å²) in [5, 5.41) is 3.97. The van der Waals surface area contributed by atoms with Gasteiger partial charge in [-0.15, -0.1) is 11.3 Å². The Morgan fingerprint density at radius 2 is 1.94 bits per heavy atom. The molecule has 1 aromatic carbocycles. The zero-order valence-electron chi connectivity index (χ0n) is 10.4. The van der Waals surface area contributed by atoms with E-state index in [1.807, 2.05) is 11.8 Å². The molecule has 3 heteroatoms. The van der Waals surface area contributed by atoms with Gasteiger partial charge in [0, 0.05) is 16.7 Å². The lowest BCUT2D eigenvalue weighted by Gasteiger charge is -2.01. The Balaban J connectivity index is 2.10. The van der Waals surface area contributed by atoms with Gasteiger partial charge in [0.15, 0.2) is 0 Å². The van der Waals surface area contributed by atoms with Gasteiger partial charge < -0.3 is 0 Å². The summed E-state index contributed by atoms with van der Waals surface area (Å²) in [6, 6.07) is 8.57. The van der Waals surface area contributed by atoms with Crippen molar-refractivity contribution in [2.75, 3.05) is 0 Å². The van der Waals surface area contributed by atoms with E-state index in [4.69, 9.17) is 0 Å². The van der Waals surface area contributed by atoms with E-state index in [0.717, 1.165) is 10.8 Å². The van der Waals surface area contributed by atoms with E-state index >= 15 is 0 Å². The molecule has 0 spiro atoms. The van der Waals surface area contributed by atoms with Gasteiger partial charge in [-0.1, -0.05) is 43.7 Å². The standard InChI is InChI=1S/C14H17NS2/c1-10(2)16-8-13-9-17-14(15-13)12-6-4-11(3)5-7-12/h4-7,9-10H,8H2,1-3H3. The summed E-state index contributed by atoms with van der Waals surface area (Å²) in [5.41, 5.74) is 3.71. The minimum Gasteiger partial charge on any atom is -0.240 e. The third-order valence-electron chi connectivity index (χ3n) is 2.41. The number of rotatable bonds is 4. The van der Waals surface area contributed by atoms with Crippen LogP contribution in [0.1, 0.15) is 25.1 Å². The predicted molar refractivity (Wildman–Crippen MR) is 78.7 cm³/mol. The van der Waals surface area contributed by atoms with Crippen LogP contribution in [-0.2, 0) is 5.75 Å². The maximum atomic E-state index is 4.68. The molecular formula is C14H17NS2. The normalized spacial score (nSPS) is 11.1. The van der Waals surface area contributed by atoms with Gasteiger partial charge in [0.1, 0.15) is 5.01 Å². The fourth-order valence-electron chi connectivity index (χ4n) is 1.45. The Kier molecular flexibility index (Phi) is 4.24. The maximum Gasteiger partial charge on any atom is 0.123 e. The first-order valence-corrected chi connectivity index (χ1v) is 7.71. The second-order valence-electron chi connectivity index (χ2n) is 4.37. The van der Waals surface area contributed by atoms with Crippen molar-refractivity contribution in [2.24, 2.45) is 0 Å². The highest BCUT2D eigenvalue weighted by Crippen LogP contribution is 2.26. The van der Waals surface area contributed by atoms with Crippen molar-refractivity contribution in [2.45, 2.75) is 31.8 Å². The average Bonchev–Trinajstić information content (AvgIpc) is 2.76. The second-order valence-corrected chi connectivity index (χ2v) is 6.79. The number of aryl methyl sites for hydroxylation is 1. The quantitative estimate of drug-likeness (QED) is 0.788. The molecule has 0 amide bonds. The molecule has 0 radical (unpaired) electrons. The number of hydrogen-bond donors (Lipinski definition) is 0. The third-order valence-corrected chi connectivity index (χ3v) is 4.48. The molecule has 0 saturated carbocycles. The van der Waals surface area contributed by atoms with E-state index in [1.165, 1.54) is 16.8 Å². The summed E-state index contributed by atoms with van der Waals surface area (Å²) in [5.74, 6) is 1.01. The molecule has 17 heavy (non-hydrogen) atoms. The summed E-state index contributed by atoms with van der Waals surface area (Å²) in [7, 11) is 0. The molecule has 2 rings (SSSR count). The van der Waals surface area contributed by atoms with Crippen molar-refractivity contribution < 1.29 is 0 Å². The van der Waals surface area contributed by atoms with Crippen LogP contribution in [0.15, 0.2) is 29.6 Å². The number of nitrogens with zero attached hydrogens (tertiary/aromatic N) is 1. The van der Waals surface area contributed by atoms with Gasteiger partial charge in [-0.3, -0.25) is 0 Å². The molecule has 0 N–H and O–H groups in total. The van der Waals surface area contributed by atoms with Crippen LogP contribution in [0.25, 0.3) is 10.6 Å². The largest absolute Gasteiger partial charge is 0.240 e. The zero-order valence-corrected chi connectivity index (χ0v) is 12.1. The van der Waals surface area contributed by atoms with Crippen LogP contribution in [0.2, 0.25) is 0 Å². The van der Waals surface area contributed by atoms with E-state index in [-0.39, 0.29) is 0 Å². The highest BCUT2D eigenvalue weighted by Gasteiger charge is 2.05. The lowest BCUT2D eigenvalue weighted by Crippen LogP contribution is -1.89. The molecule has 0 unspecified atom stereocenters. The molecular weight excluding hydrogens is 246 g/mol. The first-order chi connectivity index (χ1) is 8.15. The monoisotopic (exact) mass is 263 g/mol. The average molecular weight is 263 g/mol. The molecule has 0 bridgehead atoms. The smallest absolute Gasteiger partial charge is 0.123 e. The Morgan fingerprint density at radius 3 is 2.59 bits per heavy atom. The zero-order chi connectivity index (χ0) is 12.3. The van der Waals surface area contributed by atoms with Crippen LogP contribution in [0, 0.1) is 6.92 Å². The molecule has 90 valence electrons. The number of aromatic nitrogens is 1. The Hall–Kier alpha value is -0.800. The first kappa shape index (κ1) is 12.7. The molecule has 1 nitrogen and oxygen atoms in total. The van der Waals surface area contributed by atoms with Crippen molar-refractivity contribution in [1.29, 1.82) is 0 Å². The number of benzene rings is 1. The van der Waals surface area contributed by atoms with Crippen molar-refractivity contribution in [1.82, 2.24) is 4.98 Å². The van der Waals surface area contributed by atoms with E-state index in [1.54, 1.807) is 11.3 Å². The first-order valence-electron chi connectivity index (χ1n) is 5.78. The van der Waals surface area contributed by atoms with E-state index in [0.29, 0.717) is 5.25 Å². The summed E-state index contributed by atoms with van der Waals surface area (Å²) < 4.78 is 0. The van der Waals surface area contributed by atoms with Crippen LogP contribution >= 0.6 is 23.1 Å². The van der Waals surface area contributed by atoms with E-state index in [9.17, 15) is 0 Å². The highest BCUT2D eigenvalue weighted by atomic mass is 32.2. The summed E-state index contributed by atoms with van der Waals surface area (Å²) in [6.45, 7) is 6.55. The van der Waals surface area contributed by atoms with Gasteiger partial charge in [0.25, 0.3) is 0 Å². The molecule has 0 aliphatic rings. The minimum absolute atomic E-state index is 0.666. The van der Waals surface area contributed by atoms with Gasteiger partial charge >= 0.3 is 0 Å². The van der Waals surface area contributed by atoms with Gasteiger partial charge in [0.2, 0.25) is 0 Å². The van der Waals surface area contributed by atoms with Gasteiger partial charge in [0.05, 0.1) is 5.69 Å². The SMILES string of the molecule is Cc1ccc(-c2nc(CSC(C)C)cs2)cc1. The van der Waals surface area contributed by atoms with Crippen LogP contribution < -0.4 is 0 Å². The van der Waals surface area contributed by atoms with E-state index in [2.05, 4.69) is 55.4 Å². The summed E-state index contributed by atoms with van der Waals surface area (Å²) in [4.78, 5) is 4.68. The van der Waals surface area contributed by atoms with Crippen molar-refractivity contribution >= 4 is 23.1 Å². The maximum absolute atomic E-state index is 4.68. The van der Waals surface area contributed by atoms with Crippen molar-refractivity contribution in [3.63, 3.8) is 0 Å². The molecule has 0 fully saturated rings. The summed E-state index contributed by atoms with van der Waals surface area (Å²) in [6.07, 6.45) is 0. The lowest BCUT2D eigenvalue weighted by molar-refractivity contribution is 1.10. The molecule has 0 atom stereocenters. The Bertz CT molecular complexity index is 471. The molecule has 0 aliphatic heterocycles. The van der Waals surface area contributed by atoms with Gasteiger partial charge in [-0.05, 0) is 12.2 Å². The van der Waals surface area contributed by atoms with Crippen LogP contribution in [0.3, 0.4) is 0 Å². The molecule has 1 heterocycles. The highest BCUT2D eigenvalue weighted by molar-refractivity contribution is 7.99. The van der Waals surface area contributed by atoms with Crippen LogP contribution in [0.4, 0.5) is 0 Å². The summed E-state index contributed by atoms with van der Waals surface area (Å²) >= 11 is 3.68. The fourth-order valence-corrected chi connectivity index (χ4v) is 3.04. The van der Waals surface area contributed by atoms with Crippen LogP contribution in [-0.4, -0.2) is 10.2 Å². The second kappa shape index (κ2) is 5.69. The molecule has 0 saturated heterocycles. The number of thioether (sulfide) groups is 1. The molecule has 0 aliphatic carbocycles. The van der Waals surface area contributed by atoms with Crippen LogP contribution in [0.5, 0.6) is 0 Å². The third kappa shape index (κ3) is 3.58. The number of thiazole rings is 1. The van der Waals surface area contributed by atoms with Gasteiger partial charge in [-0.2, -0.15) is 11.8 Å². The number of hydrogen-bond acceptors (Lipinski definition) is 3. The Morgan fingerprint density at radius 1 is 1.24 bits per heavy atom. The predicted octanol–water partition coefficient (Wildman–Crippen LogP) is 4.76. The fraction of sp³-hybridized carbons (Fsp3) is 0.357. The van der Waals surface area contributed by atoms with Gasteiger partial charge in [-0.25, -0.2) is 4.98 Å². The van der Waals surface area contributed by atoms with Crippen molar-refractivity contribution in [3.8, 4) is 10.6 Å². The van der Waals surface area contributed by atoms with E-state index < -0.39 is 0 Å². The lowest BCUT2D eigenvalue weighted by atomic mass is 10.2.